The molecule has 0 unspecified atom stereocenters. The fraction of sp³-hybridized carbons (Fsp3) is 0.857. The molecule has 0 aromatic heterocycles. The van der Waals surface area contributed by atoms with Crippen molar-refractivity contribution in [1.29, 1.82) is 0 Å². The van der Waals surface area contributed by atoms with E-state index in [2.05, 4.69) is 6.92 Å². The number of likely N-dealkylation sites (tertiary alicyclic amines) is 1. The average molecular weight is 127 g/mol. The minimum atomic E-state index is 0.300. The summed E-state index contributed by atoms with van der Waals surface area (Å²) in [6.45, 7) is 3.07. The first-order chi connectivity index (χ1) is 4.20. The molecule has 0 aliphatic carbocycles. The van der Waals surface area contributed by atoms with Gasteiger partial charge < -0.3 is 4.90 Å². The van der Waals surface area contributed by atoms with Crippen LogP contribution in [-0.4, -0.2) is 24.4 Å². The second-order valence-electron chi connectivity index (χ2n) is 2.91. The van der Waals surface area contributed by atoms with E-state index in [0.717, 1.165) is 13.0 Å². The Balaban J connectivity index is 2.44. The smallest absolute Gasteiger partial charge is 0.222 e. The predicted molar refractivity (Wildman–Crippen MR) is 36.0 cm³/mol. The number of amides is 1. The molecule has 1 amide bonds. The van der Waals surface area contributed by atoms with Gasteiger partial charge in [-0.1, -0.05) is 6.92 Å². The summed E-state index contributed by atoms with van der Waals surface area (Å²) < 4.78 is 0. The van der Waals surface area contributed by atoms with E-state index in [4.69, 9.17) is 0 Å². The maximum absolute atomic E-state index is 10.9. The lowest BCUT2D eigenvalue weighted by Gasteiger charge is -2.26. The van der Waals surface area contributed by atoms with Gasteiger partial charge in [-0.05, 0) is 12.3 Å². The predicted octanol–water partition coefficient (Wildman–Crippen LogP) is 0.875. The molecule has 0 N–H and O–H groups in total. The lowest BCUT2D eigenvalue weighted by atomic mass is 9.99. The van der Waals surface area contributed by atoms with E-state index < -0.39 is 0 Å². The number of hydrogen-bond acceptors (Lipinski definition) is 1. The molecule has 0 aromatic rings. The van der Waals surface area contributed by atoms with Crippen molar-refractivity contribution in [1.82, 2.24) is 4.90 Å². The second kappa shape index (κ2) is 2.38. The number of hydrogen-bond donors (Lipinski definition) is 0. The standard InChI is InChI=1S/C7H13NO/c1-6-3-4-8(2)7(9)5-6/h6H,3-5H2,1-2H3/t6-/m1/s1. The molecule has 52 valence electrons. The van der Waals surface area contributed by atoms with Crippen LogP contribution in [0.4, 0.5) is 0 Å². The molecule has 1 rings (SSSR count). The first kappa shape index (κ1) is 6.59. The SMILES string of the molecule is C[C@@H]1CCN(C)C(=O)C1. The van der Waals surface area contributed by atoms with Gasteiger partial charge >= 0.3 is 0 Å². The fourth-order valence-electron chi connectivity index (χ4n) is 1.09. The summed E-state index contributed by atoms with van der Waals surface area (Å²) in [6.07, 6.45) is 1.92. The Labute approximate surface area is 55.8 Å². The molecule has 0 saturated carbocycles. The summed E-state index contributed by atoms with van der Waals surface area (Å²) in [6, 6.07) is 0. The summed E-state index contributed by atoms with van der Waals surface area (Å²) >= 11 is 0. The van der Waals surface area contributed by atoms with Gasteiger partial charge in [0.2, 0.25) is 5.91 Å². The van der Waals surface area contributed by atoms with E-state index in [9.17, 15) is 4.79 Å². The highest BCUT2D eigenvalue weighted by atomic mass is 16.2. The number of carbonyl (C=O) groups excluding carboxylic acids is 1. The van der Waals surface area contributed by atoms with E-state index in [1.807, 2.05) is 7.05 Å². The van der Waals surface area contributed by atoms with Gasteiger partial charge in [0.1, 0.15) is 0 Å². The highest BCUT2D eigenvalue weighted by molar-refractivity contribution is 5.76. The van der Waals surface area contributed by atoms with Crippen LogP contribution in [0.25, 0.3) is 0 Å². The maximum Gasteiger partial charge on any atom is 0.222 e. The number of rotatable bonds is 0. The zero-order valence-corrected chi connectivity index (χ0v) is 6.05. The molecule has 2 heteroatoms. The molecule has 2 nitrogen and oxygen atoms in total. The lowest BCUT2D eigenvalue weighted by Crippen LogP contribution is -2.34. The van der Waals surface area contributed by atoms with E-state index >= 15 is 0 Å². The Morgan fingerprint density at radius 3 is 2.78 bits per heavy atom. The Kier molecular flexibility index (Phi) is 1.74. The summed E-state index contributed by atoms with van der Waals surface area (Å²) in [4.78, 5) is 12.7. The fourth-order valence-corrected chi connectivity index (χ4v) is 1.09. The molecule has 1 aliphatic rings. The number of piperidine rings is 1. The molecule has 1 heterocycles. The van der Waals surface area contributed by atoms with E-state index in [1.165, 1.54) is 6.42 Å². The van der Waals surface area contributed by atoms with Gasteiger partial charge in [-0.15, -0.1) is 0 Å². The van der Waals surface area contributed by atoms with Crippen LogP contribution in [0, 0.1) is 5.92 Å². The highest BCUT2D eigenvalue weighted by Crippen LogP contribution is 2.15. The van der Waals surface area contributed by atoms with Crippen molar-refractivity contribution in [3.8, 4) is 0 Å². The van der Waals surface area contributed by atoms with Crippen LogP contribution >= 0.6 is 0 Å². The Morgan fingerprint density at radius 1 is 1.67 bits per heavy atom. The van der Waals surface area contributed by atoms with Crippen molar-refractivity contribution in [2.45, 2.75) is 19.8 Å². The number of nitrogens with zero attached hydrogens (tertiary/aromatic N) is 1. The van der Waals surface area contributed by atoms with Crippen molar-refractivity contribution < 1.29 is 4.79 Å². The molecule has 0 bridgehead atoms. The van der Waals surface area contributed by atoms with Crippen LogP contribution in [0.2, 0.25) is 0 Å². The third kappa shape index (κ3) is 1.44. The third-order valence-corrected chi connectivity index (χ3v) is 1.91. The second-order valence-corrected chi connectivity index (χ2v) is 2.91. The molecule has 9 heavy (non-hydrogen) atoms. The molecule has 1 atom stereocenters. The van der Waals surface area contributed by atoms with Crippen molar-refractivity contribution >= 4 is 5.91 Å². The van der Waals surface area contributed by atoms with Gasteiger partial charge in [0.25, 0.3) is 0 Å². The van der Waals surface area contributed by atoms with E-state index in [-0.39, 0.29) is 0 Å². The van der Waals surface area contributed by atoms with Gasteiger partial charge in [0.05, 0.1) is 0 Å². The van der Waals surface area contributed by atoms with Crippen LogP contribution in [0.3, 0.4) is 0 Å². The summed E-state index contributed by atoms with van der Waals surface area (Å²) in [5.74, 6) is 0.905. The van der Waals surface area contributed by atoms with Crippen LogP contribution in [-0.2, 0) is 4.79 Å². The van der Waals surface area contributed by atoms with Gasteiger partial charge in [-0.2, -0.15) is 0 Å². The first-order valence-electron chi connectivity index (χ1n) is 3.44. The van der Waals surface area contributed by atoms with Crippen LogP contribution in [0.15, 0.2) is 0 Å². The van der Waals surface area contributed by atoms with Crippen molar-refractivity contribution in [3.63, 3.8) is 0 Å². The summed E-state index contributed by atoms with van der Waals surface area (Å²) in [7, 11) is 1.87. The van der Waals surface area contributed by atoms with Gasteiger partial charge in [0, 0.05) is 20.0 Å². The van der Waals surface area contributed by atoms with Crippen molar-refractivity contribution in [3.05, 3.63) is 0 Å². The molecular formula is C7H13NO. The largest absolute Gasteiger partial charge is 0.346 e. The maximum atomic E-state index is 10.9. The summed E-state index contributed by atoms with van der Waals surface area (Å²) in [5.41, 5.74) is 0. The molecule has 0 aromatic carbocycles. The molecule has 0 radical (unpaired) electrons. The van der Waals surface area contributed by atoms with Gasteiger partial charge in [-0.3, -0.25) is 4.79 Å². The Hall–Kier alpha value is -0.530. The molecule has 1 aliphatic heterocycles. The average Bonchev–Trinajstić information content (AvgIpc) is 1.80. The number of carbonyl (C=O) groups is 1. The zero-order valence-electron chi connectivity index (χ0n) is 6.05. The van der Waals surface area contributed by atoms with Crippen LogP contribution in [0.5, 0.6) is 0 Å². The van der Waals surface area contributed by atoms with Crippen LogP contribution < -0.4 is 0 Å². The quantitative estimate of drug-likeness (QED) is 0.473. The van der Waals surface area contributed by atoms with E-state index in [1.54, 1.807) is 4.90 Å². The lowest BCUT2D eigenvalue weighted by molar-refractivity contribution is -0.133. The van der Waals surface area contributed by atoms with Crippen molar-refractivity contribution in [2.24, 2.45) is 5.92 Å². The third-order valence-electron chi connectivity index (χ3n) is 1.91. The molecule has 0 spiro atoms. The normalized spacial score (nSPS) is 28.9. The van der Waals surface area contributed by atoms with Crippen molar-refractivity contribution in [2.75, 3.05) is 13.6 Å². The highest BCUT2D eigenvalue weighted by Gasteiger charge is 2.18. The topological polar surface area (TPSA) is 20.3 Å². The minimum Gasteiger partial charge on any atom is -0.346 e. The van der Waals surface area contributed by atoms with Gasteiger partial charge in [0.15, 0.2) is 0 Å². The first-order valence-corrected chi connectivity index (χ1v) is 3.44. The van der Waals surface area contributed by atoms with Crippen LogP contribution in [0.1, 0.15) is 19.8 Å². The summed E-state index contributed by atoms with van der Waals surface area (Å²) in [5, 5.41) is 0. The zero-order chi connectivity index (χ0) is 6.85. The Bertz CT molecular complexity index is 122. The minimum absolute atomic E-state index is 0.300. The molecule has 1 fully saturated rings. The van der Waals surface area contributed by atoms with E-state index in [0.29, 0.717) is 11.8 Å². The monoisotopic (exact) mass is 127 g/mol. The molecule has 1 saturated heterocycles. The Morgan fingerprint density at radius 2 is 2.33 bits per heavy atom. The van der Waals surface area contributed by atoms with Gasteiger partial charge in [-0.25, -0.2) is 0 Å². The molecular weight excluding hydrogens is 114 g/mol.